The van der Waals surface area contributed by atoms with Gasteiger partial charge in [-0.15, -0.1) is 0 Å². The Hall–Kier alpha value is -1.56. The number of carboxylic acids is 1. The molecule has 6 heteroatoms. The molecule has 1 unspecified atom stereocenters. The number of aromatic nitrogens is 2. The lowest BCUT2D eigenvalue weighted by Gasteiger charge is -2.15. The molecular weight excluding hydrogens is 222 g/mol. The summed E-state index contributed by atoms with van der Waals surface area (Å²) >= 11 is 0. The normalized spacial score (nSPS) is 12.4. The van der Waals surface area contributed by atoms with Gasteiger partial charge in [-0.25, -0.2) is 9.78 Å². The minimum Gasteiger partial charge on any atom is -0.480 e. The molecular formula is C11H19N3O3. The predicted molar refractivity (Wildman–Crippen MR) is 64.1 cm³/mol. The maximum Gasteiger partial charge on any atom is 0.326 e. The van der Waals surface area contributed by atoms with Gasteiger partial charge in [0.15, 0.2) is 0 Å². The summed E-state index contributed by atoms with van der Waals surface area (Å²) < 4.78 is 6.78. The summed E-state index contributed by atoms with van der Waals surface area (Å²) in [4.78, 5) is 15.2. The van der Waals surface area contributed by atoms with Crippen molar-refractivity contribution in [2.24, 2.45) is 0 Å². The fourth-order valence-corrected chi connectivity index (χ4v) is 1.55. The van der Waals surface area contributed by atoms with Gasteiger partial charge in [0, 0.05) is 32.7 Å². The number of ether oxygens (including phenoxy) is 1. The maximum atomic E-state index is 11.1. The van der Waals surface area contributed by atoms with Crippen LogP contribution in [-0.4, -0.2) is 40.4 Å². The van der Waals surface area contributed by atoms with Crippen molar-refractivity contribution in [2.75, 3.05) is 19.0 Å². The standard InChI is InChI=1S/C11H19N3O3/c1-3-14-7-6-12-11(14)13-9(10(15)16)5-4-8-17-2/h6-7,9H,3-5,8H2,1-2H3,(H,12,13)(H,15,16). The number of nitrogens with one attached hydrogen (secondary N) is 1. The van der Waals surface area contributed by atoms with Gasteiger partial charge in [0.1, 0.15) is 6.04 Å². The van der Waals surface area contributed by atoms with Crippen molar-refractivity contribution in [1.82, 2.24) is 9.55 Å². The highest BCUT2D eigenvalue weighted by Crippen LogP contribution is 2.09. The summed E-state index contributed by atoms with van der Waals surface area (Å²) in [6.45, 7) is 3.30. The lowest BCUT2D eigenvalue weighted by molar-refractivity contribution is -0.138. The van der Waals surface area contributed by atoms with Gasteiger partial charge in [-0.05, 0) is 19.8 Å². The van der Waals surface area contributed by atoms with Crippen molar-refractivity contribution >= 4 is 11.9 Å². The van der Waals surface area contributed by atoms with Crippen LogP contribution in [0, 0.1) is 0 Å². The first-order valence-corrected chi connectivity index (χ1v) is 5.68. The molecule has 1 rings (SSSR count). The molecule has 0 bridgehead atoms. The minimum absolute atomic E-state index is 0.514. The Labute approximate surface area is 101 Å². The Bertz CT molecular complexity index is 351. The van der Waals surface area contributed by atoms with Crippen LogP contribution in [-0.2, 0) is 16.1 Å². The molecule has 0 aliphatic heterocycles. The summed E-state index contributed by atoms with van der Waals surface area (Å²) in [6.07, 6.45) is 4.68. The van der Waals surface area contributed by atoms with E-state index in [0.717, 1.165) is 6.54 Å². The van der Waals surface area contributed by atoms with Crippen LogP contribution < -0.4 is 5.32 Å². The second-order valence-corrected chi connectivity index (χ2v) is 3.71. The molecule has 0 saturated heterocycles. The molecule has 0 spiro atoms. The molecule has 17 heavy (non-hydrogen) atoms. The van der Waals surface area contributed by atoms with Crippen LogP contribution in [0.3, 0.4) is 0 Å². The van der Waals surface area contributed by atoms with Gasteiger partial charge in [-0.1, -0.05) is 0 Å². The summed E-state index contributed by atoms with van der Waals surface area (Å²) in [7, 11) is 1.60. The number of hydrogen-bond donors (Lipinski definition) is 2. The molecule has 1 heterocycles. The SMILES string of the molecule is CCn1ccnc1NC(CCCOC)C(=O)O. The van der Waals surface area contributed by atoms with Crippen LogP contribution in [0.1, 0.15) is 19.8 Å². The average molecular weight is 241 g/mol. The molecule has 0 aromatic carbocycles. The van der Waals surface area contributed by atoms with E-state index in [4.69, 9.17) is 9.84 Å². The van der Waals surface area contributed by atoms with Gasteiger partial charge in [0.2, 0.25) is 5.95 Å². The van der Waals surface area contributed by atoms with Crippen molar-refractivity contribution < 1.29 is 14.6 Å². The Morgan fingerprint density at radius 1 is 1.71 bits per heavy atom. The third kappa shape index (κ3) is 4.07. The Morgan fingerprint density at radius 3 is 3.06 bits per heavy atom. The van der Waals surface area contributed by atoms with E-state index in [2.05, 4.69) is 10.3 Å². The lowest BCUT2D eigenvalue weighted by atomic mass is 10.1. The molecule has 1 atom stereocenters. The molecule has 0 fully saturated rings. The second kappa shape index (κ2) is 6.90. The van der Waals surface area contributed by atoms with Gasteiger partial charge in [0.05, 0.1) is 0 Å². The van der Waals surface area contributed by atoms with Crippen molar-refractivity contribution in [2.45, 2.75) is 32.4 Å². The third-order valence-corrected chi connectivity index (χ3v) is 2.50. The topological polar surface area (TPSA) is 76.4 Å². The van der Waals surface area contributed by atoms with Crippen LogP contribution in [0.15, 0.2) is 12.4 Å². The lowest BCUT2D eigenvalue weighted by Crippen LogP contribution is -2.30. The molecule has 6 nitrogen and oxygen atoms in total. The smallest absolute Gasteiger partial charge is 0.326 e. The highest BCUT2D eigenvalue weighted by Gasteiger charge is 2.18. The van der Waals surface area contributed by atoms with Crippen molar-refractivity contribution in [3.63, 3.8) is 0 Å². The number of carbonyl (C=O) groups is 1. The number of imidazole rings is 1. The summed E-state index contributed by atoms with van der Waals surface area (Å²) in [5.74, 6) is -0.274. The molecule has 0 aliphatic rings. The van der Waals surface area contributed by atoms with E-state index in [9.17, 15) is 4.79 Å². The highest BCUT2D eigenvalue weighted by atomic mass is 16.5. The first kappa shape index (κ1) is 13.5. The zero-order chi connectivity index (χ0) is 12.7. The van der Waals surface area contributed by atoms with Crippen LogP contribution >= 0.6 is 0 Å². The molecule has 96 valence electrons. The molecule has 0 saturated carbocycles. The van der Waals surface area contributed by atoms with E-state index in [1.54, 1.807) is 13.3 Å². The number of nitrogens with zero attached hydrogens (tertiary/aromatic N) is 2. The van der Waals surface area contributed by atoms with Gasteiger partial charge in [-0.3, -0.25) is 0 Å². The fourth-order valence-electron chi connectivity index (χ4n) is 1.55. The van der Waals surface area contributed by atoms with Gasteiger partial charge >= 0.3 is 5.97 Å². The third-order valence-electron chi connectivity index (χ3n) is 2.50. The number of rotatable bonds is 8. The number of carboxylic acid groups (broad SMARTS) is 1. The van der Waals surface area contributed by atoms with Gasteiger partial charge < -0.3 is 19.7 Å². The average Bonchev–Trinajstić information content (AvgIpc) is 2.75. The molecule has 2 N–H and O–H groups in total. The minimum atomic E-state index is -0.869. The van der Waals surface area contributed by atoms with Crippen LogP contribution in [0.5, 0.6) is 0 Å². The highest BCUT2D eigenvalue weighted by molar-refractivity contribution is 5.76. The van der Waals surface area contributed by atoms with E-state index in [1.165, 1.54) is 0 Å². The molecule has 0 radical (unpaired) electrons. The van der Waals surface area contributed by atoms with Crippen molar-refractivity contribution in [3.05, 3.63) is 12.4 Å². The number of methoxy groups -OCH3 is 1. The summed E-state index contributed by atoms with van der Waals surface area (Å²) in [6, 6.07) is -0.627. The van der Waals surface area contributed by atoms with E-state index < -0.39 is 12.0 Å². The Balaban J connectivity index is 2.57. The first-order valence-electron chi connectivity index (χ1n) is 5.68. The van der Waals surface area contributed by atoms with Crippen LogP contribution in [0.25, 0.3) is 0 Å². The van der Waals surface area contributed by atoms with Gasteiger partial charge in [0.25, 0.3) is 0 Å². The first-order chi connectivity index (χ1) is 8.19. The zero-order valence-corrected chi connectivity index (χ0v) is 10.2. The van der Waals surface area contributed by atoms with E-state index in [1.807, 2.05) is 17.7 Å². The van der Waals surface area contributed by atoms with E-state index >= 15 is 0 Å². The summed E-state index contributed by atoms with van der Waals surface area (Å²) in [5.41, 5.74) is 0. The van der Waals surface area contributed by atoms with Gasteiger partial charge in [-0.2, -0.15) is 0 Å². The number of anilines is 1. The zero-order valence-electron chi connectivity index (χ0n) is 10.2. The number of aliphatic carboxylic acids is 1. The van der Waals surface area contributed by atoms with Crippen molar-refractivity contribution in [3.8, 4) is 0 Å². The van der Waals surface area contributed by atoms with Crippen LogP contribution in [0.4, 0.5) is 5.95 Å². The number of aryl methyl sites for hydroxylation is 1. The number of hydrogen-bond acceptors (Lipinski definition) is 4. The quantitative estimate of drug-likeness (QED) is 0.669. The summed E-state index contributed by atoms with van der Waals surface area (Å²) in [5, 5.41) is 12.0. The Morgan fingerprint density at radius 2 is 2.47 bits per heavy atom. The molecule has 1 aromatic heterocycles. The largest absolute Gasteiger partial charge is 0.480 e. The van der Waals surface area contributed by atoms with Crippen molar-refractivity contribution in [1.29, 1.82) is 0 Å². The monoisotopic (exact) mass is 241 g/mol. The predicted octanol–water partition coefficient (Wildman–Crippen LogP) is 1.19. The van der Waals surface area contributed by atoms with E-state index in [0.29, 0.717) is 25.4 Å². The molecule has 0 amide bonds. The van der Waals surface area contributed by atoms with Crippen LogP contribution in [0.2, 0.25) is 0 Å². The Kier molecular flexibility index (Phi) is 5.48. The fraction of sp³-hybridized carbons (Fsp3) is 0.636. The van der Waals surface area contributed by atoms with E-state index in [-0.39, 0.29) is 0 Å². The maximum absolute atomic E-state index is 11.1. The second-order valence-electron chi connectivity index (χ2n) is 3.71. The molecule has 0 aliphatic carbocycles. The molecule has 1 aromatic rings.